The Bertz CT molecular complexity index is 606. The van der Waals surface area contributed by atoms with Crippen LogP contribution in [-0.2, 0) is 17.6 Å². The molecule has 0 spiro atoms. The minimum absolute atomic E-state index is 0.0501. The first-order chi connectivity index (χ1) is 11.3. The number of alkyl halides is 2. The third kappa shape index (κ3) is 6.56. The molecule has 0 atom stereocenters. The first-order valence-electron chi connectivity index (χ1n) is 8.01. The van der Waals surface area contributed by atoms with Gasteiger partial charge in [0.2, 0.25) is 0 Å². The highest BCUT2D eigenvalue weighted by molar-refractivity contribution is 6.74. The van der Waals surface area contributed by atoms with Crippen LogP contribution >= 0.6 is 11.6 Å². The predicted octanol–water partition coefficient (Wildman–Crippen LogP) is 5.61. The summed E-state index contributed by atoms with van der Waals surface area (Å²) in [6, 6.07) is 5.00. The van der Waals surface area contributed by atoms with Crippen LogP contribution in [0.1, 0.15) is 31.9 Å². The van der Waals surface area contributed by atoms with Gasteiger partial charge in [0, 0.05) is 11.6 Å². The smallest absolute Gasteiger partial charge is 0.407 e. The van der Waals surface area contributed by atoms with E-state index in [0.29, 0.717) is 22.1 Å². The van der Waals surface area contributed by atoms with Gasteiger partial charge in [-0.15, -0.1) is 0 Å². The molecule has 8 heteroatoms. The van der Waals surface area contributed by atoms with Gasteiger partial charge in [0.25, 0.3) is 6.43 Å². The minimum atomic E-state index is -2.72. The Morgan fingerprint density at radius 2 is 1.96 bits per heavy atom. The summed E-state index contributed by atoms with van der Waals surface area (Å²) in [6.45, 7) is 10.0. The lowest BCUT2D eigenvalue weighted by atomic mass is 10.1. The van der Waals surface area contributed by atoms with Crippen molar-refractivity contribution in [2.75, 3.05) is 6.54 Å². The fourth-order valence-corrected chi connectivity index (χ4v) is 3.03. The van der Waals surface area contributed by atoms with Crippen LogP contribution in [0.25, 0.3) is 0 Å². The van der Waals surface area contributed by atoms with Crippen LogP contribution in [0.5, 0.6) is 0 Å². The summed E-state index contributed by atoms with van der Waals surface area (Å²) in [5.41, 5.74) is 1.33. The molecule has 4 nitrogen and oxygen atoms in total. The van der Waals surface area contributed by atoms with Crippen LogP contribution in [0.15, 0.2) is 18.2 Å². The van der Waals surface area contributed by atoms with E-state index in [2.05, 4.69) is 33.9 Å². The lowest BCUT2D eigenvalue weighted by Crippen LogP contribution is -2.40. The molecule has 0 aliphatic heterocycles. The minimum Gasteiger partial charge on any atom is -0.465 e. The van der Waals surface area contributed by atoms with Crippen molar-refractivity contribution in [3.05, 3.63) is 34.3 Å². The van der Waals surface area contributed by atoms with Crippen LogP contribution in [-0.4, -0.2) is 37.4 Å². The third-order valence-electron chi connectivity index (χ3n) is 4.51. The molecule has 1 rings (SSSR count). The molecule has 0 aromatic heterocycles. The molecular formula is C17H26ClF2NO3Si. The number of nitrogens with zero attached hydrogens (tertiary/aromatic N) is 1. The molecule has 0 saturated heterocycles. The highest BCUT2D eigenvalue weighted by atomic mass is 35.5. The van der Waals surface area contributed by atoms with E-state index in [1.165, 1.54) is 0 Å². The summed E-state index contributed by atoms with van der Waals surface area (Å²) in [4.78, 5) is 11.8. The van der Waals surface area contributed by atoms with Crippen molar-refractivity contribution >= 4 is 26.0 Å². The Hall–Kier alpha value is -1.18. The summed E-state index contributed by atoms with van der Waals surface area (Å²) >= 11 is 6.21. The normalized spacial score (nSPS) is 12.5. The molecule has 0 radical (unpaired) electrons. The molecule has 25 heavy (non-hydrogen) atoms. The SMILES string of the molecule is CC(C)(C)[Si](C)(C)OCc1cc(CN(CC(F)F)C(=O)O)ccc1Cl. The summed E-state index contributed by atoms with van der Waals surface area (Å²) in [6.07, 6.45) is -4.10. The second-order valence-corrected chi connectivity index (χ2v) is 12.7. The first-order valence-corrected chi connectivity index (χ1v) is 11.3. The van der Waals surface area contributed by atoms with Gasteiger partial charge in [-0.1, -0.05) is 44.5 Å². The molecule has 0 bridgehead atoms. The average molecular weight is 394 g/mol. The number of amides is 1. The standard InChI is InChI=1S/C17H26ClF2NO3Si/c1-17(2,3)25(4,5)24-11-13-8-12(6-7-14(13)18)9-21(16(22)23)10-15(19)20/h6-8,15H,9-11H2,1-5H3,(H,22,23). The van der Waals surface area contributed by atoms with E-state index in [9.17, 15) is 13.6 Å². The van der Waals surface area contributed by atoms with E-state index in [0.717, 1.165) is 5.56 Å². The summed E-state index contributed by atoms with van der Waals surface area (Å²) in [5.74, 6) is 0. The Balaban J connectivity index is 2.90. The van der Waals surface area contributed by atoms with Crippen LogP contribution in [0.4, 0.5) is 13.6 Å². The maximum absolute atomic E-state index is 12.5. The van der Waals surface area contributed by atoms with Gasteiger partial charge >= 0.3 is 6.09 Å². The summed E-state index contributed by atoms with van der Waals surface area (Å²) < 4.78 is 31.2. The Morgan fingerprint density at radius 1 is 1.36 bits per heavy atom. The van der Waals surface area contributed by atoms with Gasteiger partial charge in [-0.05, 0) is 35.3 Å². The Labute approximate surface area is 153 Å². The molecule has 1 aromatic carbocycles. The van der Waals surface area contributed by atoms with E-state index < -0.39 is 27.4 Å². The van der Waals surface area contributed by atoms with Gasteiger partial charge in [-0.25, -0.2) is 13.6 Å². The first kappa shape index (κ1) is 21.9. The van der Waals surface area contributed by atoms with E-state index >= 15 is 0 Å². The van der Waals surface area contributed by atoms with Crippen molar-refractivity contribution in [1.29, 1.82) is 0 Å². The fourth-order valence-electron chi connectivity index (χ4n) is 1.91. The van der Waals surface area contributed by atoms with Crippen molar-refractivity contribution in [2.24, 2.45) is 0 Å². The zero-order valence-corrected chi connectivity index (χ0v) is 17.0. The quantitative estimate of drug-likeness (QED) is 0.613. The summed E-state index contributed by atoms with van der Waals surface area (Å²) in [7, 11) is -1.96. The number of rotatable bonds is 7. The van der Waals surface area contributed by atoms with Gasteiger partial charge < -0.3 is 9.53 Å². The maximum Gasteiger partial charge on any atom is 0.407 e. The molecule has 1 aromatic rings. The van der Waals surface area contributed by atoms with Gasteiger partial charge in [-0.2, -0.15) is 0 Å². The number of benzene rings is 1. The van der Waals surface area contributed by atoms with Crippen molar-refractivity contribution < 1.29 is 23.1 Å². The molecule has 0 saturated carbocycles. The van der Waals surface area contributed by atoms with E-state index in [1.807, 2.05) is 0 Å². The van der Waals surface area contributed by atoms with Gasteiger partial charge in [0.15, 0.2) is 8.32 Å². The van der Waals surface area contributed by atoms with E-state index in [4.69, 9.17) is 21.1 Å². The van der Waals surface area contributed by atoms with Crippen molar-refractivity contribution in [3.8, 4) is 0 Å². The second-order valence-electron chi connectivity index (χ2n) is 7.53. The molecule has 142 valence electrons. The monoisotopic (exact) mass is 393 g/mol. The fraction of sp³-hybridized carbons (Fsp3) is 0.588. The largest absolute Gasteiger partial charge is 0.465 e. The zero-order chi connectivity index (χ0) is 19.4. The van der Waals surface area contributed by atoms with Gasteiger partial charge in [0.1, 0.15) is 0 Å². The van der Waals surface area contributed by atoms with Crippen LogP contribution in [0.2, 0.25) is 23.2 Å². The average Bonchev–Trinajstić information content (AvgIpc) is 2.45. The van der Waals surface area contributed by atoms with Crippen molar-refractivity contribution in [3.63, 3.8) is 0 Å². The number of carboxylic acid groups (broad SMARTS) is 1. The number of hydrogen-bond acceptors (Lipinski definition) is 2. The second kappa shape index (κ2) is 8.47. The molecule has 1 N–H and O–H groups in total. The lowest BCUT2D eigenvalue weighted by Gasteiger charge is -2.36. The molecule has 0 aliphatic carbocycles. The topological polar surface area (TPSA) is 49.8 Å². The maximum atomic E-state index is 12.5. The third-order valence-corrected chi connectivity index (χ3v) is 9.35. The number of carbonyl (C=O) groups is 1. The number of hydrogen-bond donors (Lipinski definition) is 1. The van der Waals surface area contributed by atoms with Crippen molar-refractivity contribution in [2.45, 2.75) is 58.5 Å². The van der Waals surface area contributed by atoms with Crippen LogP contribution in [0.3, 0.4) is 0 Å². The van der Waals surface area contributed by atoms with Crippen LogP contribution in [0, 0.1) is 0 Å². The summed E-state index contributed by atoms with van der Waals surface area (Å²) in [5, 5.41) is 9.62. The molecular weight excluding hydrogens is 368 g/mol. The lowest BCUT2D eigenvalue weighted by molar-refractivity contribution is 0.0767. The highest BCUT2D eigenvalue weighted by Gasteiger charge is 2.37. The predicted molar refractivity (Wildman–Crippen MR) is 97.9 cm³/mol. The van der Waals surface area contributed by atoms with E-state index in [1.54, 1.807) is 18.2 Å². The van der Waals surface area contributed by atoms with Crippen molar-refractivity contribution in [1.82, 2.24) is 4.90 Å². The van der Waals surface area contributed by atoms with E-state index in [-0.39, 0.29) is 11.6 Å². The Kier molecular flexibility index (Phi) is 7.40. The van der Waals surface area contributed by atoms with Crippen LogP contribution < -0.4 is 0 Å². The zero-order valence-electron chi connectivity index (χ0n) is 15.3. The van der Waals surface area contributed by atoms with Gasteiger partial charge in [0.05, 0.1) is 13.2 Å². The molecule has 1 amide bonds. The highest BCUT2D eigenvalue weighted by Crippen LogP contribution is 2.37. The molecule has 0 heterocycles. The number of halogens is 3. The van der Waals surface area contributed by atoms with Gasteiger partial charge in [-0.3, -0.25) is 4.90 Å². The molecule has 0 fully saturated rings. The Morgan fingerprint density at radius 3 is 2.44 bits per heavy atom. The molecule has 0 unspecified atom stereocenters. The molecule has 0 aliphatic rings.